The number of fused-ring (bicyclic) bond motifs is 2. The molecule has 6 heteroatoms. The van der Waals surface area contributed by atoms with Gasteiger partial charge < -0.3 is 5.32 Å². The molecule has 0 fully saturated rings. The molecule has 0 bridgehead atoms. The third-order valence-corrected chi connectivity index (χ3v) is 6.41. The van der Waals surface area contributed by atoms with Crippen molar-refractivity contribution in [2.45, 2.75) is 38.3 Å². The second-order valence-electron chi connectivity index (χ2n) is 8.48. The van der Waals surface area contributed by atoms with Crippen molar-refractivity contribution >= 4 is 22.4 Å². The van der Waals surface area contributed by atoms with Crippen LogP contribution >= 0.6 is 0 Å². The predicted molar refractivity (Wildman–Crippen MR) is 130 cm³/mol. The number of alkyl halides is 3. The molecule has 1 aliphatic rings. The van der Waals surface area contributed by atoms with Gasteiger partial charge in [0, 0.05) is 28.4 Å². The van der Waals surface area contributed by atoms with Crippen LogP contribution in [0.25, 0.3) is 27.9 Å². The Hall–Kier alpha value is -3.67. The van der Waals surface area contributed by atoms with Crippen LogP contribution in [0.2, 0.25) is 0 Å². The maximum absolute atomic E-state index is 13.7. The second-order valence-corrected chi connectivity index (χ2v) is 8.48. The summed E-state index contributed by atoms with van der Waals surface area (Å²) in [4.78, 5) is 9.11. The van der Waals surface area contributed by atoms with Gasteiger partial charge in [-0.2, -0.15) is 13.2 Å². The number of nitrogens with zero attached hydrogens (tertiary/aromatic N) is 2. The van der Waals surface area contributed by atoms with Crippen LogP contribution in [-0.4, -0.2) is 9.97 Å². The van der Waals surface area contributed by atoms with Crippen LogP contribution in [0.4, 0.5) is 19.0 Å². The van der Waals surface area contributed by atoms with Gasteiger partial charge in [-0.25, -0.2) is 4.98 Å². The van der Waals surface area contributed by atoms with Crippen molar-refractivity contribution in [3.05, 3.63) is 95.7 Å². The molecular weight excluding hydrogens is 435 g/mol. The molecule has 0 saturated carbocycles. The molecule has 1 unspecified atom stereocenters. The molecule has 1 N–H and O–H groups in total. The molecule has 1 aliphatic carbocycles. The lowest BCUT2D eigenvalue weighted by Crippen LogP contribution is -2.09. The largest absolute Gasteiger partial charge is 0.417 e. The molecule has 34 heavy (non-hydrogen) atoms. The Labute approximate surface area is 196 Å². The van der Waals surface area contributed by atoms with E-state index in [0.29, 0.717) is 17.3 Å². The third-order valence-electron chi connectivity index (χ3n) is 6.41. The summed E-state index contributed by atoms with van der Waals surface area (Å²) >= 11 is 0. The SMILES string of the molecule is CCC1CCC=C(Nc2nc(-c3ccccc3C(F)(F)F)cc3ncccc23)c2ccccc21. The number of rotatable bonds is 4. The summed E-state index contributed by atoms with van der Waals surface area (Å²) in [6, 6.07) is 19.1. The average Bonchev–Trinajstić information content (AvgIpc) is 3.02. The fourth-order valence-electron chi connectivity index (χ4n) is 4.72. The fourth-order valence-corrected chi connectivity index (χ4v) is 4.72. The standard InChI is InChI=1S/C28H24F3N3/c1-2-18-9-7-15-24(20-11-4-3-10-19(18)20)33-27-22-13-8-16-32-25(22)17-26(34-27)21-12-5-6-14-23(21)28(29,30)31/h3-6,8,10-18H,2,7,9H2,1H3,(H,33,34). The summed E-state index contributed by atoms with van der Waals surface area (Å²) in [5.74, 6) is 0.955. The van der Waals surface area contributed by atoms with Crippen molar-refractivity contribution < 1.29 is 13.2 Å². The summed E-state index contributed by atoms with van der Waals surface area (Å²) < 4.78 is 41.2. The molecule has 172 valence electrons. The Morgan fingerprint density at radius 2 is 1.74 bits per heavy atom. The topological polar surface area (TPSA) is 37.8 Å². The molecule has 4 aromatic rings. The zero-order chi connectivity index (χ0) is 23.7. The highest BCUT2D eigenvalue weighted by Crippen LogP contribution is 2.39. The van der Waals surface area contributed by atoms with Gasteiger partial charge in [0.25, 0.3) is 0 Å². The first-order valence-corrected chi connectivity index (χ1v) is 11.4. The van der Waals surface area contributed by atoms with Gasteiger partial charge in [0.1, 0.15) is 5.82 Å². The maximum atomic E-state index is 13.7. The van der Waals surface area contributed by atoms with Gasteiger partial charge in [-0.05, 0) is 55.0 Å². The molecule has 3 nitrogen and oxygen atoms in total. The normalized spacial score (nSPS) is 16.0. The van der Waals surface area contributed by atoms with E-state index < -0.39 is 11.7 Å². The van der Waals surface area contributed by atoms with Gasteiger partial charge in [0.2, 0.25) is 0 Å². The number of hydrogen-bond donors (Lipinski definition) is 1. The molecule has 0 radical (unpaired) electrons. The summed E-state index contributed by atoms with van der Waals surface area (Å²) in [5.41, 5.74) is 3.44. The number of halogens is 3. The van der Waals surface area contributed by atoms with Crippen LogP contribution in [0, 0.1) is 0 Å². The minimum absolute atomic E-state index is 0.0342. The summed E-state index contributed by atoms with van der Waals surface area (Å²) in [7, 11) is 0. The number of benzene rings is 2. The zero-order valence-corrected chi connectivity index (χ0v) is 18.7. The molecule has 2 aromatic carbocycles. The molecule has 0 saturated heterocycles. The van der Waals surface area contributed by atoms with Crippen molar-refractivity contribution in [1.82, 2.24) is 9.97 Å². The molecule has 0 amide bonds. The van der Waals surface area contributed by atoms with Crippen LogP contribution < -0.4 is 5.32 Å². The number of hydrogen-bond acceptors (Lipinski definition) is 3. The lowest BCUT2D eigenvalue weighted by atomic mass is 9.90. The monoisotopic (exact) mass is 459 g/mol. The number of anilines is 1. The number of aromatic nitrogens is 2. The highest BCUT2D eigenvalue weighted by atomic mass is 19.4. The lowest BCUT2D eigenvalue weighted by Gasteiger charge is -2.19. The minimum Gasteiger partial charge on any atom is -0.339 e. The molecule has 5 rings (SSSR count). The van der Waals surface area contributed by atoms with Crippen molar-refractivity contribution in [2.24, 2.45) is 0 Å². The lowest BCUT2D eigenvalue weighted by molar-refractivity contribution is -0.137. The quantitative estimate of drug-likeness (QED) is 0.335. The van der Waals surface area contributed by atoms with E-state index in [1.54, 1.807) is 24.4 Å². The minimum atomic E-state index is -4.48. The average molecular weight is 460 g/mol. The van der Waals surface area contributed by atoms with Gasteiger partial charge >= 0.3 is 6.18 Å². The first kappa shape index (κ1) is 22.1. The Morgan fingerprint density at radius 1 is 0.971 bits per heavy atom. The van der Waals surface area contributed by atoms with E-state index >= 15 is 0 Å². The van der Waals surface area contributed by atoms with Crippen LogP contribution in [0.3, 0.4) is 0 Å². The van der Waals surface area contributed by atoms with Crippen LogP contribution in [-0.2, 0) is 6.18 Å². The van der Waals surface area contributed by atoms with Crippen LogP contribution in [0.1, 0.15) is 48.8 Å². The number of nitrogens with one attached hydrogen (secondary N) is 1. The Balaban J connectivity index is 1.65. The molecule has 2 heterocycles. The van der Waals surface area contributed by atoms with E-state index in [9.17, 15) is 13.2 Å². The molecule has 2 aromatic heterocycles. The first-order valence-electron chi connectivity index (χ1n) is 11.4. The molecule has 0 spiro atoms. The molecular formula is C28H24F3N3. The first-order chi connectivity index (χ1) is 16.5. The zero-order valence-electron chi connectivity index (χ0n) is 18.7. The fraction of sp³-hybridized carbons (Fsp3) is 0.214. The molecule has 1 atom stereocenters. The highest BCUT2D eigenvalue weighted by Gasteiger charge is 2.34. The van der Waals surface area contributed by atoms with E-state index in [1.165, 1.54) is 17.7 Å². The van der Waals surface area contributed by atoms with Gasteiger partial charge in [-0.3, -0.25) is 4.98 Å². The van der Waals surface area contributed by atoms with Crippen molar-refractivity contribution in [1.29, 1.82) is 0 Å². The van der Waals surface area contributed by atoms with Gasteiger partial charge in [0.15, 0.2) is 0 Å². The van der Waals surface area contributed by atoms with E-state index in [1.807, 2.05) is 12.1 Å². The van der Waals surface area contributed by atoms with Crippen molar-refractivity contribution in [3.63, 3.8) is 0 Å². The van der Waals surface area contributed by atoms with Gasteiger partial charge in [-0.15, -0.1) is 0 Å². The van der Waals surface area contributed by atoms with Gasteiger partial charge in [-0.1, -0.05) is 55.5 Å². The number of allylic oxidation sites excluding steroid dienone is 1. The Morgan fingerprint density at radius 3 is 2.53 bits per heavy atom. The van der Waals surface area contributed by atoms with E-state index in [0.717, 1.165) is 42.0 Å². The number of pyridine rings is 2. The predicted octanol–water partition coefficient (Wildman–Crippen LogP) is 8.06. The third kappa shape index (κ3) is 4.16. The van der Waals surface area contributed by atoms with E-state index in [-0.39, 0.29) is 11.3 Å². The Bertz CT molecular complexity index is 1370. The van der Waals surface area contributed by atoms with Crippen LogP contribution in [0.5, 0.6) is 0 Å². The van der Waals surface area contributed by atoms with Crippen LogP contribution in [0.15, 0.2) is 79.0 Å². The Kier molecular flexibility index (Phi) is 5.82. The van der Waals surface area contributed by atoms with E-state index in [4.69, 9.17) is 4.98 Å². The smallest absolute Gasteiger partial charge is 0.339 e. The summed E-state index contributed by atoms with van der Waals surface area (Å²) in [6.45, 7) is 2.20. The van der Waals surface area contributed by atoms with Gasteiger partial charge in [0.05, 0.1) is 16.8 Å². The van der Waals surface area contributed by atoms with E-state index in [2.05, 4.69) is 41.5 Å². The summed E-state index contributed by atoms with van der Waals surface area (Å²) in [6.07, 6.45) is 2.32. The van der Waals surface area contributed by atoms with Crippen molar-refractivity contribution in [2.75, 3.05) is 5.32 Å². The highest BCUT2D eigenvalue weighted by molar-refractivity contribution is 5.96. The molecule has 0 aliphatic heterocycles. The van der Waals surface area contributed by atoms with Crippen molar-refractivity contribution in [3.8, 4) is 11.3 Å². The summed E-state index contributed by atoms with van der Waals surface area (Å²) in [5, 5.41) is 4.22. The second kappa shape index (κ2) is 8.93. The maximum Gasteiger partial charge on any atom is 0.417 e.